The van der Waals surface area contributed by atoms with Gasteiger partial charge in [0.25, 0.3) is 0 Å². The molecule has 0 aromatic rings. The zero-order valence-electron chi connectivity index (χ0n) is 8.27. The van der Waals surface area contributed by atoms with E-state index in [1.807, 2.05) is 0 Å². The summed E-state index contributed by atoms with van der Waals surface area (Å²) in [5, 5.41) is 8.23. The molecule has 3 nitrogen and oxygen atoms in total. The van der Waals surface area contributed by atoms with E-state index in [2.05, 4.69) is 5.48 Å². The molecule has 0 saturated heterocycles. The minimum atomic E-state index is -4.51. The van der Waals surface area contributed by atoms with Crippen LogP contribution in [-0.4, -0.2) is 18.3 Å². The molecule has 0 aromatic carbocycles. The molecule has 0 aliphatic carbocycles. The van der Waals surface area contributed by atoms with Gasteiger partial charge < -0.3 is 0 Å². The van der Waals surface area contributed by atoms with Crippen LogP contribution >= 0.6 is 0 Å². The molecule has 1 N–H and O–H groups in total. The molecule has 0 rings (SSSR count). The molecule has 0 bridgehead atoms. The summed E-state index contributed by atoms with van der Waals surface area (Å²) in [4.78, 5) is 4.86. The predicted molar refractivity (Wildman–Crippen MR) is 44.0 cm³/mol. The second-order valence-corrected chi connectivity index (χ2v) is 3.79. The highest BCUT2D eigenvalue weighted by atomic mass is 19.4. The van der Waals surface area contributed by atoms with Crippen molar-refractivity contribution in [2.75, 3.05) is 6.54 Å². The lowest BCUT2D eigenvalue weighted by Gasteiger charge is -2.21. The van der Waals surface area contributed by atoms with E-state index in [0.717, 1.165) is 6.07 Å². The Labute approximate surface area is 80.8 Å². The van der Waals surface area contributed by atoms with E-state index in [9.17, 15) is 13.2 Å². The van der Waals surface area contributed by atoms with Crippen LogP contribution in [0.2, 0.25) is 0 Å². The minimum Gasteiger partial charge on any atom is -0.296 e. The van der Waals surface area contributed by atoms with Crippen LogP contribution in [0.3, 0.4) is 0 Å². The number of nitrogens with zero attached hydrogens (tertiary/aromatic N) is 1. The molecule has 0 aliphatic heterocycles. The van der Waals surface area contributed by atoms with E-state index < -0.39 is 24.2 Å². The number of rotatable bonds is 3. The number of halogens is 3. The smallest absolute Gasteiger partial charge is 0.296 e. The summed E-state index contributed by atoms with van der Waals surface area (Å²) in [6.45, 7) is 4.51. The van der Waals surface area contributed by atoms with Gasteiger partial charge in [0.15, 0.2) is 5.92 Å². The highest BCUT2D eigenvalue weighted by Gasteiger charge is 2.39. The number of hydrogen-bond donors (Lipinski definition) is 1. The van der Waals surface area contributed by atoms with Crippen molar-refractivity contribution in [2.45, 2.75) is 32.5 Å². The Kier molecular flexibility index (Phi) is 4.36. The maximum atomic E-state index is 12.0. The van der Waals surface area contributed by atoms with Gasteiger partial charge in [-0.3, -0.25) is 4.84 Å². The van der Waals surface area contributed by atoms with Crippen LogP contribution in [0.15, 0.2) is 0 Å². The molecule has 1 unspecified atom stereocenters. The first-order chi connectivity index (χ1) is 6.17. The molecule has 0 heterocycles. The summed E-state index contributed by atoms with van der Waals surface area (Å²) in [7, 11) is 0. The van der Waals surface area contributed by atoms with Crippen LogP contribution in [0.4, 0.5) is 13.2 Å². The van der Waals surface area contributed by atoms with E-state index in [1.165, 1.54) is 0 Å². The Morgan fingerprint density at radius 2 is 1.86 bits per heavy atom. The van der Waals surface area contributed by atoms with Gasteiger partial charge in [0.2, 0.25) is 0 Å². The maximum Gasteiger partial charge on any atom is 0.405 e. The van der Waals surface area contributed by atoms with E-state index in [1.54, 1.807) is 20.8 Å². The van der Waals surface area contributed by atoms with Crippen molar-refractivity contribution in [2.24, 2.45) is 5.92 Å². The van der Waals surface area contributed by atoms with Gasteiger partial charge in [-0.2, -0.15) is 18.4 Å². The standard InChI is InChI=1S/C8H13F3N2O/c1-7(2,3)14-13-5-6(4-12)8(9,10)11/h6,13H,5H2,1-3H3. The third kappa shape index (κ3) is 5.78. The van der Waals surface area contributed by atoms with E-state index in [-0.39, 0.29) is 0 Å². The minimum absolute atomic E-state index is 0.558. The van der Waals surface area contributed by atoms with Gasteiger partial charge in [0.05, 0.1) is 11.7 Å². The highest BCUT2D eigenvalue weighted by molar-refractivity contribution is 4.89. The van der Waals surface area contributed by atoms with Crippen molar-refractivity contribution in [3.8, 4) is 6.07 Å². The Morgan fingerprint density at radius 3 is 2.14 bits per heavy atom. The van der Waals surface area contributed by atoms with Crippen LogP contribution in [0, 0.1) is 17.2 Å². The lowest BCUT2D eigenvalue weighted by Crippen LogP contribution is -2.36. The van der Waals surface area contributed by atoms with Crippen LogP contribution in [-0.2, 0) is 4.84 Å². The Balaban J connectivity index is 3.95. The first kappa shape index (κ1) is 13.2. The third-order valence-corrected chi connectivity index (χ3v) is 1.22. The van der Waals surface area contributed by atoms with Gasteiger partial charge >= 0.3 is 6.18 Å². The van der Waals surface area contributed by atoms with Crippen molar-refractivity contribution in [3.05, 3.63) is 0 Å². The van der Waals surface area contributed by atoms with Crippen LogP contribution in [0.5, 0.6) is 0 Å². The monoisotopic (exact) mass is 210 g/mol. The fourth-order valence-corrected chi connectivity index (χ4v) is 0.576. The molecular weight excluding hydrogens is 197 g/mol. The fourth-order valence-electron chi connectivity index (χ4n) is 0.576. The molecule has 1 atom stereocenters. The molecular formula is C8H13F3N2O. The predicted octanol–water partition coefficient (Wildman–Crippen LogP) is 2.01. The van der Waals surface area contributed by atoms with Crippen LogP contribution in [0.25, 0.3) is 0 Å². The number of hydroxylamine groups is 1. The van der Waals surface area contributed by atoms with Gasteiger partial charge in [0.1, 0.15) is 0 Å². The number of hydrogen-bond acceptors (Lipinski definition) is 3. The first-order valence-corrected chi connectivity index (χ1v) is 4.04. The van der Waals surface area contributed by atoms with Crippen LogP contribution in [0.1, 0.15) is 20.8 Å². The summed E-state index contributed by atoms with van der Waals surface area (Å²) in [5.41, 5.74) is 1.56. The first-order valence-electron chi connectivity index (χ1n) is 4.04. The molecule has 0 aliphatic rings. The summed E-state index contributed by atoms with van der Waals surface area (Å²) >= 11 is 0. The van der Waals surface area contributed by atoms with Crippen molar-refractivity contribution in [3.63, 3.8) is 0 Å². The average Bonchev–Trinajstić information content (AvgIpc) is 1.93. The number of nitrogens with one attached hydrogen (secondary N) is 1. The zero-order chi connectivity index (χ0) is 11.4. The third-order valence-electron chi connectivity index (χ3n) is 1.22. The SMILES string of the molecule is CC(C)(C)ONCC(C#N)C(F)(F)F. The second kappa shape index (κ2) is 4.62. The van der Waals surface area contributed by atoms with Gasteiger partial charge in [-0.25, -0.2) is 5.48 Å². The van der Waals surface area contributed by atoms with E-state index in [0.29, 0.717) is 0 Å². The van der Waals surface area contributed by atoms with Crippen LogP contribution < -0.4 is 5.48 Å². The molecule has 0 amide bonds. The highest BCUT2D eigenvalue weighted by Crippen LogP contribution is 2.24. The largest absolute Gasteiger partial charge is 0.405 e. The second-order valence-electron chi connectivity index (χ2n) is 3.79. The Bertz CT molecular complexity index is 214. The molecule has 0 fully saturated rings. The summed E-state index contributed by atoms with van der Waals surface area (Å²) in [5.74, 6) is -2.04. The Hall–Kier alpha value is -0.800. The lowest BCUT2D eigenvalue weighted by molar-refractivity contribution is -0.170. The molecule has 0 radical (unpaired) electrons. The Morgan fingerprint density at radius 1 is 1.36 bits per heavy atom. The van der Waals surface area contributed by atoms with Crippen molar-refractivity contribution in [1.29, 1.82) is 5.26 Å². The fraction of sp³-hybridized carbons (Fsp3) is 0.875. The molecule has 14 heavy (non-hydrogen) atoms. The summed E-state index contributed by atoms with van der Waals surface area (Å²) < 4.78 is 36.1. The van der Waals surface area contributed by atoms with Crippen molar-refractivity contribution in [1.82, 2.24) is 5.48 Å². The quantitative estimate of drug-likeness (QED) is 0.724. The molecule has 82 valence electrons. The molecule has 6 heteroatoms. The molecule has 0 aromatic heterocycles. The molecule has 0 saturated carbocycles. The molecule has 0 spiro atoms. The van der Waals surface area contributed by atoms with E-state index in [4.69, 9.17) is 10.1 Å². The van der Waals surface area contributed by atoms with Crippen molar-refractivity contribution >= 4 is 0 Å². The number of nitriles is 1. The summed E-state index contributed by atoms with van der Waals surface area (Å²) in [6, 6.07) is 1.16. The van der Waals surface area contributed by atoms with E-state index >= 15 is 0 Å². The lowest BCUT2D eigenvalue weighted by atomic mass is 10.2. The van der Waals surface area contributed by atoms with Gasteiger partial charge in [-0.15, -0.1) is 0 Å². The number of alkyl halides is 3. The van der Waals surface area contributed by atoms with Crippen molar-refractivity contribution < 1.29 is 18.0 Å². The normalized spacial score (nSPS) is 14.9. The topological polar surface area (TPSA) is 45.0 Å². The van der Waals surface area contributed by atoms with Gasteiger partial charge in [-0.1, -0.05) is 0 Å². The summed E-state index contributed by atoms with van der Waals surface area (Å²) in [6.07, 6.45) is -4.51. The maximum absolute atomic E-state index is 12.0. The average molecular weight is 210 g/mol. The van der Waals surface area contributed by atoms with Gasteiger partial charge in [0, 0.05) is 6.54 Å². The van der Waals surface area contributed by atoms with Gasteiger partial charge in [-0.05, 0) is 20.8 Å². The zero-order valence-corrected chi connectivity index (χ0v) is 8.27.